The van der Waals surface area contributed by atoms with Crippen LogP contribution in [0.4, 0.5) is 4.39 Å². The highest BCUT2D eigenvalue weighted by Gasteiger charge is 2.39. The highest BCUT2D eigenvalue weighted by molar-refractivity contribution is 6.43. The summed E-state index contributed by atoms with van der Waals surface area (Å²) >= 11 is 0. The van der Waals surface area contributed by atoms with Crippen molar-refractivity contribution in [1.29, 1.82) is 0 Å². The second-order valence-corrected chi connectivity index (χ2v) is 12.3. The molecule has 0 spiro atoms. The number of piperidine rings is 1. The van der Waals surface area contributed by atoms with E-state index in [0.29, 0.717) is 25.2 Å². The average molecular weight is 564 g/mol. The molecule has 0 saturated carbocycles. The Hall–Kier alpha value is -2.96. The van der Waals surface area contributed by atoms with Gasteiger partial charge in [0.15, 0.2) is 0 Å². The lowest BCUT2D eigenvalue weighted by molar-refractivity contribution is -0.148. The number of aliphatic imine (C=N–C) groups is 1. The normalized spacial score (nSPS) is 28.6. The predicted molar refractivity (Wildman–Crippen MR) is 161 cm³/mol. The third kappa shape index (κ3) is 6.29. The molecule has 0 radical (unpaired) electrons. The molecule has 2 saturated heterocycles. The van der Waals surface area contributed by atoms with Crippen LogP contribution in [-0.2, 0) is 14.3 Å². The first-order valence-electron chi connectivity index (χ1n) is 15.8. The molecule has 0 bridgehead atoms. The minimum absolute atomic E-state index is 0.0206. The molecule has 5 atom stereocenters. The van der Waals surface area contributed by atoms with Crippen LogP contribution in [0.1, 0.15) is 103 Å². The Balaban J connectivity index is 1.33. The average Bonchev–Trinajstić information content (AvgIpc) is 3.20. The van der Waals surface area contributed by atoms with Gasteiger partial charge in [0, 0.05) is 24.8 Å². The lowest BCUT2D eigenvalue weighted by atomic mass is 9.78. The quantitative estimate of drug-likeness (QED) is 0.355. The molecular formula is C34H46FN3O3. The van der Waals surface area contributed by atoms with Crippen LogP contribution in [0.5, 0.6) is 0 Å². The summed E-state index contributed by atoms with van der Waals surface area (Å²) in [4.78, 5) is 35.1. The topological polar surface area (TPSA) is 62.2 Å². The van der Waals surface area contributed by atoms with E-state index >= 15 is 4.39 Å². The number of carbonyl (C=O) groups excluding carboxylic acids is 2. The molecule has 1 amide bonds. The fourth-order valence-electron chi connectivity index (χ4n) is 7.19. The van der Waals surface area contributed by atoms with Crippen molar-refractivity contribution in [3.05, 3.63) is 53.0 Å². The number of hydrogen-bond acceptors (Lipinski definition) is 5. The second kappa shape index (κ2) is 12.9. The Morgan fingerprint density at radius 1 is 1.12 bits per heavy atom. The van der Waals surface area contributed by atoms with Gasteiger partial charge in [0.05, 0.1) is 12.5 Å². The summed E-state index contributed by atoms with van der Waals surface area (Å²) in [5, 5.41) is 0. The van der Waals surface area contributed by atoms with Crippen LogP contribution in [0.25, 0.3) is 5.57 Å². The molecule has 41 heavy (non-hydrogen) atoms. The molecule has 7 heteroatoms. The van der Waals surface area contributed by atoms with Crippen LogP contribution < -0.4 is 0 Å². The largest absolute Gasteiger partial charge is 0.466 e. The number of benzene rings is 1. The SMILES string of the molecule is CCOC(=O)C1CC=C(c2ccc(C3CC4N=C(C(=O)N5CCCCC[C@H]5C)C=C(CC)N4CC3C)c(F)c2)CC1. The Labute approximate surface area is 244 Å². The molecule has 2 fully saturated rings. The van der Waals surface area contributed by atoms with E-state index in [1.165, 1.54) is 12.8 Å². The zero-order valence-corrected chi connectivity index (χ0v) is 25.2. The van der Waals surface area contributed by atoms with Gasteiger partial charge >= 0.3 is 5.97 Å². The van der Waals surface area contributed by atoms with Gasteiger partial charge in [0.1, 0.15) is 17.7 Å². The number of rotatable bonds is 6. The number of hydrogen-bond donors (Lipinski definition) is 0. The maximum absolute atomic E-state index is 15.7. The highest BCUT2D eigenvalue weighted by Crippen LogP contribution is 2.41. The molecule has 4 aliphatic rings. The van der Waals surface area contributed by atoms with Crippen molar-refractivity contribution in [3.63, 3.8) is 0 Å². The van der Waals surface area contributed by atoms with Gasteiger partial charge in [0.2, 0.25) is 0 Å². The van der Waals surface area contributed by atoms with E-state index in [4.69, 9.17) is 9.73 Å². The Morgan fingerprint density at radius 3 is 2.66 bits per heavy atom. The maximum atomic E-state index is 15.7. The molecule has 3 aliphatic heterocycles. The van der Waals surface area contributed by atoms with Crippen LogP contribution in [0, 0.1) is 17.7 Å². The number of allylic oxidation sites excluding steroid dienone is 3. The van der Waals surface area contributed by atoms with Crippen LogP contribution in [0.15, 0.2) is 41.0 Å². The molecule has 0 N–H and O–H groups in total. The van der Waals surface area contributed by atoms with E-state index in [2.05, 4.69) is 31.7 Å². The molecule has 4 unspecified atom stereocenters. The summed E-state index contributed by atoms with van der Waals surface area (Å²) in [6, 6.07) is 5.88. The molecule has 1 aromatic rings. The number of likely N-dealkylation sites (tertiary alicyclic amines) is 1. The Bertz CT molecular complexity index is 1240. The number of fused-ring (bicyclic) bond motifs is 1. The predicted octanol–water partition coefficient (Wildman–Crippen LogP) is 6.86. The van der Waals surface area contributed by atoms with Gasteiger partial charge in [-0.25, -0.2) is 4.39 Å². The molecular weight excluding hydrogens is 517 g/mol. The summed E-state index contributed by atoms with van der Waals surface area (Å²) in [5.41, 5.74) is 4.44. The fourth-order valence-corrected chi connectivity index (χ4v) is 7.19. The summed E-state index contributed by atoms with van der Waals surface area (Å²) in [5.74, 6) is -0.108. The number of carbonyl (C=O) groups is 2. The highest BCUT2D eigenvalue weighted by atomic mass is 19.1. The molecule has 6 nitrogen and oxygen atoms in total. The number of halogens is 1. The summed E-state index contributed by atoms with van der Waals surface area (Å²) in [6.07, 6.45) is 12.0. The molecule has 0 aromatic heterocycles. The van der Waals surface area contributed by atoms with Crippen molar-refractivity contribution in [1.82, 2.24) is 9.80 Å². The third-order valence-electron chi connectivity index (χ3n) is 9.65. The first-order chi connectivity index (χ1) is 19.8. The zero-order chi connectivity index (χ0) is 29.1. The smallest absolute Gasteiger partial charge is 0.309 e. The maximum Gasteiger partial charge on any atom is 0.309 e. The molecule has 5 rings (SSSR count). The Morgan fingerprint density at radius 2 is 1.95 bits per heavy atom. The van der Waals surface area contributed by atoms with Crippen molar-refractivity contribution in [2.75, 3.05) is 19.7 Å². The van der Waals surface area contributed by atoms with Gasteiger partial charge in [-0.1, -0.05) is 44.9 Å². The molecule has 222 valence electrons. The molecule has 1 aromatic carbocycles. The van der Waals surface area contributed by atoms with Gasteiger partial charge in [-0.05, 0) is 99.5 Å². The van der Waals surface area contributed by atoms with Crippen molar-refractivity contribution in [3.8, 4) is 0 Å². The molecule has 1 aliphatic carbocycles. The van der Waals surface area contributed by atoms with Crippen molar-refractivity contribution in [2.45, 2.75) is 104 Å². The van der Waals surface area contributed by atoms with Gasteiger partial charge in [-0.3, -0.25) is 14.6 Å². The minimum atomic E-state index is -0.179. The number of nitrogens with zero attached hydrogens (tertiary/aromatic N) is 3. The number of amides is 1. The second-order valence-electron chi connectivity index (χ2n) is 12.3. The van der Waals surface area contributed by atoms with E-state index in [9.17, 15) is 9.59 Å². The van der Waals surface area contributed by atoms with Crippen LogP contribution >= 0.6 is 0 Å². The van der Waals surface area contributed by atoms with Gasteiger partial charge in [0.25, 0.3) is 5.91 Å². The van der Waals surface area contributed by atoms with Crippen molar-refractivity contribution in [2.24, 2.45) is 16.8 Å². The molecule has 3 heterocycles. The van der Waals surface area contributed by atoms with Crippen LogP contribution in [0.2, 0.25) is 0 Å². The van der Waals surface area contributed by atoms with Crippen molar-refractivity contribution < 1.29 is 18.7 Å². The monoisotopic (exact) mass is 563 g/mol. The van der Waals surface area contributed by atoms with Crippen LogP contribution in [0.3, 0.4) is 0 Å². The fraction of sp³-hybridized carbons (Fsp3) is 0.618. The van der Waals surface area contributed by atoms with Gasteiger partial charge in [-0.2, -0.15) is 0 Å². The first kappa shape index (κ1) is 29.5. The summed E-state index contributed by atoms with van der Waals surface area (Å²) < 4.78 is 20.9. The summed E-state index contributed by atoms with van der Waals surface area (Å²) in [6.45, 7) is 10.3. The standard InChI is InChI=1S/C34H46FN3O3/c1-5-27-19-31(33(39)37-17-9-7-8-10-23(37)4)36-32-20-29(22(3)21-38(27)32)28-16-15-26(18-30(28)35)24-11-13-25(14-12-24)34(40)41-6-2/h11,15-16,18-19,22-23,25,29,32H,5-10,12-14,17,20-21H2,1-4H3/t22?,23-,25?,29?,32?/m1/s1. The third-order valence-corrected chi connectivity index (χ3v) is 9.65. The lowest BCUT2D eigenvalue weighted by Gasteiger charge is -2.45. The minimum Gasteiger partial charge on any atom is -0.466 e. The van der Waals surface area contributed by atoms with Crippen LogP contribution in [-0.4, -0.2) is 59.3 Å². The summed E-state index contributed by atoms with van der Waals surface area (Å²) in [7, 11) is 0. The van der Waals surface area contributed by atoms with E-state index in [1.807, 2.05) is 30.0 Å². The number of ether oxygens (including phenoxy) is 1. The lowest BCUT2D eigenvalue weighted by Crippen LogP contribution is -2.49. The first-order valence-corrected chi connectivity index (χ1v) is 15.8. The van der Waals surface area contributed by atoms with Gasteiger partial charge < -0.3 is 14.5 Å². The van der Waals surface area contributed by atoms with E-state index in [1.54, 1.807) is 6.07 Å². The van der Waals surface area contributed by atoms with E-state index in [-0.39, 0.29) is 47.7 Å². The Kier molecular flexibility index (Phi) is 9.30. The number of esters is 1. The van der Waals surface area contributed by atoms with E-state index in [0.717, 1.165) is 67.6 Å². The van der Waals surface area contributed by atoms with Gasteiger partial charge in [-0.15, -0.1) is 0 Å². The zero-order valence-electron chi connectivity index (χ0n) is 25.2. The van der Waals surface area contributed by atoms with E-state index < -0.39 is 0 Å². The van der Waals surface area contributed by atoms with Crippen molar-refractivity contribution >= 4 is 23.2 Å².